The van der Waals surface area contributed by atoms with E-state index in [0.29, 0.717) is 12.8 Å². The van der Waals surface area contributed by atoms with Crippen LogP contribution in [0, 0.1) is 10.1 Å². The zero-order chi connectivity index (χ0) is 16.2. The third-order valence-corrected chi connectivity index (χ3v) is 4.28. The molecule has 0 saturated heterocycles. The highest BCUT2D eigenvalue weighted by Crippen LogP contribution is 2.30. The van der Waals surface area contributed by atoms with E-state index in [1.54, 1.807) is 0 Å². The zero-order valence-electron chi connectivity index (χ0n) is 11.8. The SMILES string of the molecule is CCC(N)(CC)CNC(=O)c1cc([N+](=O)[O-])cc(Cl)c1Cl. The van der Waals surface area contributed by atoms with Crippen molar-refractivity contribution >= 4 is 34.8 Å². The maximum atomic E-state index is 12.1. The van der Waals surface area contributed by atoms with Crippen molar-refractivity contribution in [3.63, 3.8) is 0 Å². The molecule has 0 spiro atoms. The fourth-order valence-electron chi connectivity index (χ4n) is 1.70. The van der Waals surface area contributed by atoms with Crippen LogP contribution in [0.3, 0.4) is 0 Å². The van der Waals surface area contributed by atoms with Gasteiger partial charge in [0.1, 0.15) is 0 Å². The fraction of sp³-hybridized carbons (Fsp3) is 0.462. The van der Waals surface area contributed by atoms with Crippen LogP contribution in [0.4, 0.5) is 5.69 Å². The standard InChI is InChI=1S/C13H17Cl2N3O3/c1-3-13(16,4-2)7-17-12(19)9-5-8(18(20)21)6-10(14)11(9)15/h5-6H,3-4,7,16H2,1-2H3,(H,17,19). The number of hydrogen-bond acceptors (Lipinski definition) is 4. The highest BCUT2D eigenvalue weighted by Gasteiger charge is 2.24. The Morgan fingerprint density at radius 2 is 1.95 bits per heavy atom. The summed E-state index contributed by atoms with van der Waals surface area (Å²) in [6.07, 6.45) is 1.38. The molecule has 0 heterocycles. The van der Waals surface area contributed by atoms with Crippen LogP contribution in [0.1, 0.15) is 37.0 Å². The molecule has 0 aromatic heterocycles. The molecule has 0 aliphatic rings. The van der Waals surface area contributed by atoms with E-state index in [4.69, 9.17) is 28.9 Å². The molecule has 0 aliphatic heterocycles. The Morgan fingerprint density at radius 1 is 1.38 bits per heavy atom. The van der Waals surface area contributed by atoms with Gasteiger partial charge in [0.2, 0.25) is 0 Å². The van der Waals surface area contributed by atoms with E-state index in [1.165, 1.54) is 0 Å². The summed E-state index contributed by atoms with van der Waals surface area (Å²) >= 11 is 11.7. The van der Waals surface area contributed by atoms with Crippen molar-refractivity contribution in [1.82, 2.24) is 5.32 Å². The van der Waals surface area contributed by atoms with E-state index in [2.05, 4.69) is 5.32 Å². The number of carbonyl (C=O) groups is 1. The lowest BCUT2D eigenvalue weighted by Gasteiger charge is -2.26. The molecule has 116 valence electrons. The smallest absolute Gasteiger partial charge is 0.271 e. The van der Waals surface area contributed by atoms with Crippen LogP contribution in [0.2, 0.25) is 10.0 Å². The van der Waals surface area contributed by atoms with E-state index in [-0.39, 0.29) is 27.8 Å². The number of non-ortho nitro benzene ring substituents is 1. The lowest BCUT2D eigenvalue weighted by atomic mass is 9.94. The molecule has 0 atom stereocenters. The summed E-state index contributed by atoms with van der Waals surface area (Å²) in [5.74, 6) is -0.540. The van der Waals surface area contributed by atoms with Gasteiger partial charge in [-0.15, -0.1) is 0 Å². The summed E-state index contributed by atoms with van der Waals surface area (Å²) in [6.45, 7) is 4.09. The zero-order valence-corrected chi connectivity index (χ0v) is 13.3. The Morgan fingerprint density at radius 3 is 2.43 bits per heavy atom. The molecular formula is C13H17Cl2N3O3. The van der Waals surface area contributed by atoms with Crippen molar-refractivity contribution < 1.29 is 9.72 Å². The summed E-state index contributed by atoms with van der Waals surface area (Å²) in [6, 6.07) is 2.20. The summed E-state index contributed by atoms with van der Waals surface area (Å²) in [4.78, 5) is 22.3. The van der Waals surface area contributed by atoms with Crippen molar-refractivity contribution in [3.8, 4) is 0 Å². The van der Waals surface area contributed by atoms with Crippen LogP contribution >= 0.6 is 23.2 Å². The third-order valence-electron chi connectivity index (χ3n) is 3.48. The molecule has 0 fully saturated rings. The number of hydrogen-bond donors (Lipinski definition) is 2. The Balaban J connectivity index is 3.00. The molecule has 1 aromatic rings. The van der Waals surface area contributed by atoms with Gasteiger partial charge in [-0.25, -0.2) is 0 Å². The summed E-state index contributed by atoms with van der Waals surface area (Å²) in [5.41, 5.74) is 5.24. The van der Waals surface area contributed by atoms with E-state index >= 15 is 0 Å². The average Bonchev–Trinajstić information content (AvgIpc) is 2.46. The number of amides is 1. The average molecular weight is 334 g/mol. The van der Waals surface area contributed by atoms with Gasteiger partial charge >= 0.3 is 0 Å². The Hall–Kier alpha value is -1.37. The minimum Gasteiger partial charge on any atom is -0.350 e. The third kappa shape index (κ3) is 4.30. The van der Waals surface area contributed by atoms with Crippen molar-refractivity contribution in [2.24, 2.45) is 5.73 Å². The number of nitrogens with two attached hydrogens (primary N) is 1. The highest BCUT2D eigenvalue weighted by atomic mass is 35.5. The monoisotopic (exact) mass is 333 g/mol. The quantitative estimate of drug-likeness (QED) is 0.617. The van der Waals surface area contributed by atoms with Crippen LogP contribution in [0.25, 0.3) is 0 Å². The molecule has 3 N–H and O–H groups in total. The number of benzene rings is 1. The number of halogens is 2. The van der Waals surface area contributed by atoms with Gasteiger partial charge in [-0.05, 0) is 12.8 Å². The fourth-order valence-corrected chi connectivity index (χ4v) is 2.11. The number of rotatable bonds is 6. The van der Waals surface area contributed by atoms with E-state index < -0.39 is 16.4 Å². The minimum absolute atomic E-state index is 0.0182. The molecular weight excluding hydrogens is 317 g/mol. The van der Waals surface area contributed by atoms with E-state index in [1.807, 2.05) is 13.8 Å². The number of nitro benzene ring substituents is 1. The molecule has 0 unspecified atom stereocenters. The number of carbonyl (C=O) groups excluding carboxylic acids is 1. The second kappa shape index (κ2) is 7.06. The highest BCUT2D eigenvalue weighted by molar-refractivity contribution is 6.44. The molecule has 0 saturated carbocycles. The van der Waals surface area contributed by atoms with Crippen LogP contribution < -0.4 is 11.1 Å². The number of nitrogens with zero attached hydrogens (tertiary/aromatic N) is 1. The van der Waals surface area contributed by atoms with Gasteiger partial charge in [0, 0.05) is 24.2 Å². The maximum Gasteiger partial charge on any atom is 0.271 e. The Kier molecular flexibility index (Phi) is 5.95. The Labute approximate surface area is 132 Å². The predicted octanol–water partition coefficient (Wildman–Crippen LogP) is 3.15. The molecule has 1 aromatic carbocycles. The van der Waals surface area contributed by atoms with Crippen LogP contribution in [0.15, 0.2) is 12.1 Å². The van der Waals surface area contributed by atoms with Gasteiger partial charge in [0.25, 0.3) is 11.6 Å². The van der Waals surface area contributed by atoms with Gasteiger partial charge in [-0.2, -0.15) is 0 Å². The molecule has 21 heavy (non-hydrogen) atoms. The summed E-state index contributed by atoms with van der Waals surface area (Å²) in [7, 11) is 0. The Bertz CT molecular complexity index is 560. The molecule has 0 aliphatic carbocycles. The minimum atomic E-state index is -0.635. The van der Waals surface area contributed by atoms with Gasteiger partial charge in [-0.1, -0.05) is 37.0 Å². The predicted molar refractivity (Wildman–Crippen MR) is 83.0 cm³/mol. The maximum absolute atomic E-state index is 12.1. The van der Waals surface area contributed by atoms with Gasteiger partial charge < -0.3 is 11.1 Å². The molecule has 0 bridgehead atoms. The molecule has 0 radical (unpaired) electrons. The summed E-state index contributed by atoms with van der Waals surface area (Å²) < 4.78 is 0. The normalized spacial score (nSPS) is 11.3. The second-order valence-corrected chi connectivity index (χ2v) is 5.58. The first kappa shape index (κ1) is 17.7. The molecule has 1 rings (SSSR count). The van der Waals surface area contributed by atoms with Gasteiger partial charge in [-0.3, -0.25) is 14.9 Å². The van der Waals surface area contributed by atoms with Crippen LogP contribution in [0.5, 0.6) is 0 Å². The first-order valence-electron chi connectivity index (χ1n) is 6.44. The van der Waals surface area contributed by atoms with Crippen molar-refractivity contribution in [1.29, 1.82) is 0 Å². The second-order valence-electron chi connectivity index (χ2n) is 4.80. The van der Waals surface area contributed by atoms with Crippen molar-refractivity contribution in [3.05, 3.63) is 37.9 Å². The molecule has 6 nitrogen and oxygen atoms in total. The number of nitro groups is 1. The lowest BCUT2D eigenvalue weighted by Crippen LogP contribution is -2.49. The van der Waals surface area contributed by atoms with Crippen LogP contribution in [-0.2, 0) is 0 Å². The van der Waals surface area contributed by atoms with E-state index in [0.717, 1.165) is 12.1 Å². The van der Waals surface area contributed by atoms with Crippen LogP contribution in [-0.4, -0.2) is 22.9 Å². The largest absolute Gasteiger partial charge is 0.350 e. The number of nitrogens with one attached hydrogen (secondary N) is 1. The topological polar surface area (TPSA) is 98.3 Å². The van der Waals surface area contributed by atoms with E-state index in [9.17, 15) is 14.9 Å². The first-order chi connectivity index (χ1) is 9.74. The first-order valence-corrected chi connectivity index (χ1v) is 7.20. The molecule has 8 heteroatoms. The molecule has 1 amide bonds. The van der Waals surface area contributed by atoms with Crippen molar-refractivity contribution in [2.45, 2.75) is 32.2 Å². The lowest BCUT2D eigenvalue weighted by molar-refractivity contribution is -0.384. The van der Waals surface area contributed by atoms with Crippen molar-refractivity contribution in [2.75, 3.05) is 6.54 Å². The summed E-state index contributed by atoms with van der Waals surface area (Å²) in [5, 5.41) is 13.4. The van der Waals surface area contributed by atoms with Gasteiger partial charge in [0.15, 0.2) is 0 Å². The van der Waals surface area contributed by atoms with Gasteiger partial charge in [0.05, 0.1) is 20.5 Å².